The van der Waals surface area contributed by atoms with E-state index in [1.165, 1.54) is 6.42 Å². The van der Waals surface area contributed by atoms with Gasteiger partial charge in [0.1, 0.15) is 0 Å². The normalized spacial score (nSPS) is 18.1. The molecule has 0 bridgehead atoms. The number of nitrogens with one attached hydrogen (secondary N) is 1. The molecule has 1 fully saturated rings. The summed E-state index contributed by atoms with van der Waals surface area (Å²) in [6, 6.07) is 5.86. The quantitative estimate of drug-likeness (QED) is 0.892. The first-order chi connectivity index (χ1) is 9.07. The van der Waals surface area contributed by atoms with E-state index >= 15 is 0 Å². The van der Waals surface area contributed by atoms with Crippen LogP contribution in [0.3, 0.4) is 0 Å². The van der Waals surface area contributed by atoms with Gasteiger partial charge in [0.15, 0.2) is 0 Å². The Morgan fingerprint density at radius 2 is 2.05 bits per heavy atom. The van der Waals surface area contributed by atoms with Gasteiger partial charge in [-0.25, -0.2) is 0 Å². The monoisotopic (exact) mass is 324 g/mol. The maximum atomic E-state index is 12.5. The molecule has 0 unspecified atom stereocenters. The van der Waals surface area contributed by atoms with Crippen LogP contribution in [0.1, 0.15) is 37.7 Å². The Balaban J connectivity index is 2.12. The number of carbonyl (C=O) groups excluding carboxylic acids is 1. The van der Waals surface area contributed by atoms with E-state index in [0.717, 1.165) is 41.4 Å². The number of hydrogen-bond acceptors (Lipinski definition) is 2. The van der Waals surface area contributed by atoms with Gasteiger partial charge < -0.3 is 11.1 Å². The molecule has 1 aromatic rings. The number of rotatable bonds is 3. The average Bonchev–Trinajstić information content (AvgIpc) is 2.43. The van der Waals surface area contributed by atoms with E-state index in [9.17, 15) is 4.79 Å². The second-order valence-electron chi connectivity index (χ2n) is 5.46. The zero-order chi connectivity index (χ0) is 13.9. The van der Waals surface area contributed by atoms with Crippen LogP contribution in [0.2, 0.25) is 0 Å². The molecular weight excluding hydrogens is 304 g/mol. The molecule has 0 aromatic heterocycles. The first-order valence-corrected chi connectivity index (χ1v) is 7.64. The van der Waals surface area contributed by atoms with Crippen molar-refractivity contribution < 1.29 is 4.79 Å². The molecule has 19 heavy (non-hydrogen) atoms. The molecule has 1 aromatic carbocycles. The molecule has 3 N–H and O–H groups in total. The van der Waals surface area contributed by atoms with E-state index < -0.39 is 0 Å². The van der Waals surface area contributed by atoms with Crippen molar-refractivity contribution in [1.29, 1.82) is 0 Å². The van der Waals surface area contributed by atoms with Crippen LogP contribution in [0.15, 0.2) is 22.7 Å². The lowest BCUT2D eigenvalue weighted by molar-refractivity contribution is -0.126. The maximum Gasteiger partial charge on any atom is 0.231 e. The van der Waals surface area contributed by atoms with Crippen LogP contribution in [0, 0.1) is 12.3 Å². The lowest BCUT2D eigenvalue weighted by atomic mass is 9.73. The molecule has 1 amide bonds. The van der Waals surface area contributed by atoms with Gasteiger partial charge in [-0.3, -0.25) is 4.79 Å². The van der Waals surface area contributed by atoms with E-state index in [0.29, 0.717) is 6.54 Å². The highest BCUT2D eigenvalue weighted by Gasteiger charge is 2.38. The van der Waals surface area contributed by atoms with Crippen LogP contribution in [0.25, 0.3) is 0 Å². The summed E-state index contributed by atoms with van der Waals surface area (Å²) in [6.07, 6.45) is 5.23. The molecule has 0 saturated heterocycles. The summed E-state index contributed by atoms with van der Waals surface area (Å²) in [5.41, 5.74) is 7.48. The Hall–Kier alpha value is -0.870. The van der Waals surface area contributed by atoms with Gasteiger partial charge in [-0.05, 0) is 43.5 Å². The van der Waals surface area contributed by atoms with Gasteiger partial charge in [0.25, 0.3) is 0 Å². The molecule has 1 aliphatic rings. The predicted octanol–water partition coefficient (Wildman–Crippen LogP) is 3.61. The highest BCUT2D eigenvalue weighted by Crippen LogP contribution is 2.36. The number of amides is 1. The first-order valence-electron chi connectivity index (χ1n) is 6.85. The molecule has 3 nitrogen and oxygen atoms in total. The zero-order valence-electron chi connectivity index (χ0n) is 11.3. The van der Waals surface area contributed by atoms with E-state index in [2.05, 4.69) is 21.2 Å². The molecule has 1 saturated carbocycles. The van der Waals surface area contributed by atoms with Crippen LogP contribution in [-0.2, 0) is 4.79 Å². The van der Waals surface area contributed by atoms with Crippen LogP contribution in [-0.4, -0.2) is 12.5 Å². The third-order valence-corrected chi connectivity index (χ3v) is 4.99. The zero-order valence-corrected chi connectivity index (χ0v) is 12.9. The molecule has 0 atom stereocenters. The second-order valence-corrected chi connectivity index (χ2v) is 6.32. The van der Waals surface area contributed by atoms with Crippen LogP contribution in [0.4, 0.5) is 5.69 Å². The predicted molar refractivity (Wildman–Crippen MR) is 82.1 cm³/mol. The van der Waals surface area contributed by atoms with Gasteiger partial charge in [-0.1, -0.05) is 35.2 Å². The number of hydrogen-bond donors (Lipinski definition) is 2. The molecule has 1 aliphatic carbocycles. The van der Waals surface area contributed by atoms with Gasteiger partial charge in [-0.2, -0.15) is 0 Å². The molecule has 0 spiro atoms. The van der Waals surface area contributed by atoms with Crippen molar-refractivity contribution in [1.82, 2.24) is 0 Å². The van der Waals surface area contributed by atoms with Crippen LogP contribution >= 0.6 is 15.9 Å². The molecule has 2 rings (SSSR count). The van der Waals surface area contributed by atoms with Gasteiger partial charge in [0.2, 0.25) is 5.91 Å². The average molecular weight is 325 g/mol. The number of anilines is 1. The molecular formula is C15H21BrN2O. The summed E-state index contributed by atoms with van der Waals surface area (Å²) in [5.74, 6) is 0.0800. The molecule has 4 heteroatoms. The number of benzene rings is 1. The van der Waals surface area contributed by atoms with Crippen molar-refractivity contribution in [3.05, 3.63) is 28.2 Å². The molecule has 0 aliphatic heterocycles. The fourth-order valence-electron chi connectivity index (χ4n) is 2.74. The highest BCUT2D eigenvalue weighted by molar-refractivity contribution is 9.10. The lowest BCUT2D eigenvalue weighted by Gasteiger charge is -2.34. The van der Waals surface area contributed by atoms with Gasteiger partial charge in [0.05, 0.1) is 5.41 Å². The van der Waals surface area contributed by atoms with E-state index in [4.69, 9.17) is 5.73 Å². The largest absolute Gasteiger partial charge is 0.329 e. The van der Waals surface area contributed by atoms with Crippen molar-refractivity contribution >= 4 is 27.5 Å². The number of halogens is 1. The standard InChI is InChI=1S/C15H21BrN2O/c1-11-9-12(5-6-13(11)16)18-14(19)15(10-17)7-3-2-4-8-15/h5-6,9H,2-4,7-8,10,17H2,1H3,(H,18,19). The van der Waals surface area contributed by atoms with Crippen molar-refractivity contribution in [3.8, 4) is 0 Å². The Morgan fingerprint density at radius 1 is 1.37 bits per heavy atom. The summed E-state index contributed by atoms with van der Waals surface area (Å²) >= 11 is 3.46. The number of carbonyl (C=O) groups is 1. The van der Waals surface area contributed by atoms with E-state index in [1.54, 1.807) is 0 Å². The smallest absolute Gasteiger partial charge is 0.231 e. The minimum absolute atomic E-state index is 0.0800. The first kappa shape index (κ1) is 14.5. The summed E-state index contributed by atoms with van der Waals surface area (Å²) < 4.78 is 1.05. The lowest BCUT2D eigenvalue weighted by Crippen LogP contribution is -2.43. The van der Waals surface area contributed by atoms with Crippen molar-refractivity contribution in [2.75, 3.05) is 11.9 Å². The van der Waals surface area contributed by atoms with Crippen molar-refractivity contribution in [2.45, 2.75) is 39.0 Å². The Morgan fingerprint density at radius 3 is 2.63 bits per heavy atom. The van der Waals surface area contributed by atoms with Gasteiger partial charge >= 0.3 is 0 Å². The third kappa shape index (κ3) is 3.18. The molecule has 0 heterocycles. The van der Waals surface area contributed by atoms with E-state index in [-0.39, 0.29) is 11.3 Å². The second kappa shape index (κ2) is 6.06. The summed E-state index contributed by atoms with van der Waals surface area (Å²) in [5, 5.41) is 3.03. The minimum Gasteiger partial charge on any atom is -0.329 e. The highest BCUT2D eigenvalue weighted by atomic mass is 79.9. The summed E-state index contributed by atoms with van der Waals surface area (Å²) in [6.45, 7) is 2.45. The van der Waals surface area contributed by atoms with Crippen LogP contribution < -0.4 is 11.1 Å². The maximum absolute atomic E-state index is 12.5. The minimum atomic E-state index is -0.362. The number of aryl methyl sites for hydroxylation is 1. The molecule has 0 radical (unpaired) electrons. The number of nitrogens with two attached hydrogens (primary N) is 1. The van der Waals surface area contributed by atoms with Gasteiger partial charge in [0, 0.05) is 16.7 Å². The molecule has 104 valence electrons. The Kier molecular flexibility index (Phi) is 4.63. The summed E-state index contributed by atoms with van der Waals surface area (Å²) in [7, 11) is 0. The fraction of sp³-hybridized carbons (Fsp3) is 0.533. The Bertz CT molecular complexity index is 467. The van der Waals surface area contributed by atoms with Crippen molar-refractivity contribution in [2.24, 2.45) is 11.1 Å². The SMILES string of the molecule is Cc1cc(NC(=O)C2(CN)CCCCC2)ccc1Br. The topological polar surface area (TPSA) is 55.1 Å². The van der Waals surface area contributed by atoms with E-state index in [1.807, 2.05) is 25.1 Å². The van der Waals surface area contributed by atoms with Crippen molar-refractivity contribution in [3.63, 3.8) is 0 Å². The fourth-order valence-corrected chi connectivity index (χ4v) is 2.99. The summed E-state index contributed by atoms with van der Waals surface area (Å²) in [4.78, 5) is 12.5. The van der Waals surface area contributed by atoms with Gasteiger partial charge in [-0.15, -0.1) is 0 Å². The van der Waals surface area contributed by atoms with Crippen LogP contribution in [0.5, 0.6) is 0 Å². The Labute approximate surface area is 123 Å². The third-order valence-electron chi connectivity index (χ3n) is 4.10.